The number of carbonyl (C=O) groups is 1. The Morgan fingerprint density at radius 1 is 1.15 bits per heavy atom. The number of nitrogens with one attached hydrogen (secondary N) is 1. The Morgan fingerprint density at radius 3 is 2.50 bits per heavy atom. The third-order valence-corrected chi connectivity index (χ3v) is 3.66. The monoisotopic (exact) mass is 352 g/mol. The summed E-state index contributed by atoms with van der Waals surface area (Å²) < 4.78 is 0.764. The second-order valence-electron chi connectivity index (χ2n) is 4.64. The summed E-state index contributed by atoms with van der Waals surface area (Å²) in [6, 6.07) is 8.79. The maximum Gasteiger partial charge on any atom is 0.255 e. The summed E-state index contributed by atoms with van der Waals surface area (Å²) >= 11 is 9.27. The van der Waals surface area contributed by atoms with Crippen molar-refractivity contribution in [1.29, 1.82) is 0 Å². The molecule has 0 radical (unpaired) electrons. The summed E-state index contributed by atoms with van der Waals surface area (Å²) in [5, 5.41) is 3.38. The van der Waals surface area contributed by atoms with Gasteiger partial charge in [0.2, 0.25) is 0 Å². The number of anilines is 2. The van der Waals surface area contributed by atoms with Crippen molar-refractivity contribution in [2.75, 3.05) is 11.1 Å². The van der Waals surface area contributed by atoms with Gasteiger partial charge in [-0.15, -0.1) is 0 Å². The van der Waals surface area contributed by atoms with Crippen LogP contribution < -0.4 is 11.1 Å². The predicted molar refractivity (Wildman–Crippen MR) is 87.4 cm³/mol. The number of amides is 1. The maximum atomic E-state index is 12.2. The Balaban J connectivity index is 2.30. The molecule has 2 aromatic carbocycles. The van der Waals surface area contributed by atoms with Gasteiger partial charge in [0.1, 0.15) is 0 Å². The molecule has 20 heavy (non-hydrogen) atoms. The summed E-state index contributed by atoms with van der Waals surface area (Å²) in [6.45, 7) is 3.81. The third kappa shape index (κ3) is 3.32. The van der Waals surface area contributed by atoms with Gasteiger partial charge in [0.15, 0.2) is 0 Å². The number of carbonyl (C=O) groups excluding carboxylic acids is 1. The van der Waals surface area contributed by atoms with Crippen molar-refractivity contribution in [3.8, 4) is 0 Å². The number of hydrogen-bond acceptors (Lipinski definition) is 2. The molecule has 0 heterocycles. The molecule has 0 saturated heterocycles. The molecule has 0 saturated carbocycles. The van der Waals surface area contributed by atoms with Gasteiger partial charge in [-0.3, -0.25) is 4.79 Å². The molecule has 1 amide bonds. The maximum absolute atomic E-state index is 12.2. The van der Waals surface area contributed by atoms with Crippen molar-refractivity contribution in [2.45, 2.75) is 13.8 Å². The van der Waals surface area contributed by atoms with E-state index in [-0.39, 0.29) is 5.91 Å². The van der Waals surface area contributed by atoms with Gasteiger partial charge in [-0.1, -0.05) is 27.5 Å². The van der Waals surface area contributed by atoms with Gasteiger partial charge in [0.25, 0.3) is 5.91 Å². The minimum atomic E-state index is -0.208. The first-order valence-corrected chi connectivity index (χ1v) is 7.18. The lowest BCUT2D eigenvalue weighted by Crippen LogP contribution is -2.13. The molecule has 3 N–H and O–H groups in total. The van der Waals surface area contributed by atoms with Crippen LogP contribution in [0.2, 0.25) is 5.02 Å². The van der Waals surface area contributed by atoms with Crippen LogP contribution in [-0.2, 0) is 0 Å². The smallest absolute Gasteiger partial charge is 0.255 e. The topological polar surface area (TPSA) is 55.1 Å². The number of hydrogen-bond donors (Lipinski definition) is 2. The fourth-order valence-corrected chi connectivity index (χ4v) is 2.71. The van der Waals surface area contributed by atoms with Crippen molar-refractivity contribution < 1.29 is 4.79 Å². The highest BCUT2D eigenvalue weighted by Crippen LogP contribution is 2.24. The molecular formula is C15H14BrClN2O. The summed E-state index contributed by atoms with van der Waals surface area (Å²) in [5.74, 6) is -0.208. The lowest BCUT2D eigenvalue weighted by atomic mass is 10.1. The Bertz CT molecular complexity index is 666. The summed E-state index contributed by atoms with van der Waals surface area (Å²) in [6.07, 6.45) is 0. The molecule has 0 fully saturated rings. The van der Waals surface area contributed by atoms with E-state index in [1.807, 2.05) is 26.0 Å². The number of aryl methyl sites for hydroxylation is 2. The molecule has 0 unspecified atom stereocenters. The first-order chi connectivity index (χ1) is 9.36. The summed E-state index contributed by atoms with van der Waals surface area (Å²) in [5.41, 5.74) is 9.64. The molecule has 0 bridgehead atoms. The van der Waals surface area contributed by atoms with E-state index in [4.69, 9.17) is 17.3 Å². The number of nitrogen functional groups attached to an aromatic ring is 1. The molecule has 2 rings (SSSR count). The van der Waals surface area contributed by atoms with Gasteiger partial charge in [-0.25, -0.2) is 0 Å². The highest BCUT2D eigenvalue weighted by Gasteiger charge is 2.10. The van der Waals surface area contributed by atoms with Crippen LogP contribution in [-0.4, -0.2) is 5.91 Å². The van der Waals surface area contributed by atoms with Crippen molar-refractivity contribution in [2.24, 2.45) is 0 Å². The third-order valence-electron chi connectivity index (χ3n) is 2.99. The Kier molecular flexibility index (Phi) is 4.35. The molecule has 3 nitrogen and oxygen atoms in total. The molecule has 0 aliphatic heterocycles. The molecule has 0 atom stereocenters. The van der Waals surface area contributed by atoms with Crippen LogP contribution in [0.4, 0.5) is 11.4 Å². The van der Waals surface area contributed by atoms with Gasteiger partial charge < -0.3 is 11.1 Å². The van der Waals surface area contributed by atoms with E-state index >= 15 is 0 Å². The fraction of sp³-hybridized carbons (Fsp3) is 0.133. The zero-order valence-corrected chi connectivity index (χ0v) is 13.5. The van der Waals surface area contributed by atoms with Crippen LogP contribution >= 0.6 is 27.5 Å². The van der Waals surface area contributed by atoms with Gasteiger partial charge in [0.05, 0.1) is 0 Å². The van der Waals surface area contributed by atoms with E-state index in [0.29, 0.717) is 16.3 Å². The van der Waals surface area contributed by atoms with Gasteiger partial charge in [-0.2, -0.15) is 0 Å². The van der Waals surface area contributed by atoms with Crippen LogP contribution in [0.15, 0.2) is 34.8 Å². The number of halogens is 2. The lowest BCUT2D eigenvalue weighted by molar-refractivity contribution is 0.102. The average molecular weight is 354 g/mol. The molecule has 0 aromatic heterocycles. The van der Waals surface area contributed by atoms with Gasteiger partial charge in [-0.05, 0) is 55.3 Å². The zero-order valence-electron chi connectivity index (χ0n) is 11.1. The number of nitrogens with two attached hydrogens (primary N) is 1. The molecule has 5 heteroatoms. The number of rotatable bonds is 2. The Labute approximate surface area is 131 Å². The van der Waals surface area contributed by atoms with Crippen LogP contribution in [0.5, 0.6) is 0 Å². The Morgan fingerprint density at radius 2 is 1.85 bits per heavy atom. The van der Waals surface area contributed by atoms with Crippen molar-refractivity contribution in [3.63, 3.8) is 0 Å². The van der Waals surface area contributed by atoms with Crippen LogP contribution in [0.3, 0.4) is 0 Å². The minimum Gasteiger partial charge on any atom is -0.399 e. The van der Waals surface area contributed by atoms with Crippen LogP contribution in [0.25, 0.3) is 0 Å². The SMILES string of the molecule is Cc1cc(NC(=O)c2cc(Cl)cc(Br)c2)c(C)cc1N. The molecular weight excluding hydrogens is 340 g/mol. The van der Waals surface area contributed by atoms with Crippen molar-refractivity contribution >= 4 is 44.8 Å². The molecule has 0 spiro atoms. The quantitative estimate of drug-likeness (QED) is 0.778. The standard InChI is InChI=1S/C15H14BrClN2O/c1-8-4-14(9(2)3-13(8)18)19-15(20)10-5-11(16)7-12(17)6-10/h3-7H,18H2,1-2H3,(H,19,20). The van der Waals surface area contributed by atoms with E-state index in [0.717, 1.165) is 21.3 Å². The largest absolute Gasteiger partial charge is 0.399 e. The van der Waals surface area contributed by atoms with E-state index in [1.54, 1.807) is 18.2 Å². The minimum absolute atomic E-state index is 0.208. The molecule has 104 valence electrons. The van der Waals surface area contributed by atoms with Crippen LogP contribution in [0.1, 0.15) is 21.5 Å². The van der Waals surface area contributed by atoms with Gasteiger partial charge >= 0.3 is 0 Å². The van der Waals surface area contributed by atoms with E-state index < -0.39 is 0 Å². The fourth-order valence-electron chi connectivity index (χ4n) is 1.85. The van der Waals surface area contributed by atoms with E-state index in [1.165, 1.54) is 0 Å². The molecule has 0 aliphatic carbocycles. The highest BCUT2D eigenvalue weighted by molar-refractivity contribution is 9.10. The average Bonchev–Trinajstić information content (AvgIpc) is 2.34. The summed E-state index contributed by atoms with van der Waals surface area (Å²) in [7, 11) is 0. The number of benzene rings is 2. The summed E-state index contributed by atoms with van der Waals surface area (Å²) in [4.78, 5) is 12.2. The van der Waals surface area contributed by atoms with Gasteiger partial charge in [0, 0.05) is 26.4 Å². The van der Waals surface area contributed by atoms with Crippen molar-refractivity contribution in [3.05, 3.63) is 56.5 Å². The first kappa shape index (κ1) is 14.9. The Hall–Kier alpha value is -1.52. The molecule has 2 aromatic rings. The molecule has 0 aliphatic rings. The highest BCUT2D eigenvalue weighted by atomic mass is 79.9. The van der Waals surface area contributed by atoms with E-state index in [2.05, 4.69) is 21.2 Å². The second kappa shape index (κ2) is 5.85. The normalized spacial score (nSPS) is 10.4. The lowest BCUT2D eigenvalue weighted by Gasteiger charge is -2.11. The van der Waals surface area contributed by atoms with E-state index in [9.17, 15) is 4.79 Å². The predicted octanol–water partition coefficient (Wildman–Crippen LogP) is 4.55. The second-order valence-corrected chi connectivity index (χ2v) is 5.99. The van der Waals surface area contributed by atoms with Crippen LogP contribution in [0, 0.1) is 13.8 Å². The zero-order chi connectivity index (χ0) is 14.9. The van der Waals surface area contributed by atoms with Crippen molar-refractivity contribution in [1.82, 2.24) is 0 Å². The first-order valence-electron chi connectivity index (χ1n) is 6.01.